The number of hydroxylamine groups is 2. The molecule has 0 bridgehead atoms. The highest BCUT2D eigenvalue weighted by Gasteiger charge is 2.60. The number of para-hydroxylation sites is 1. The van der Waals surface area contributed by atoms with Crippen LogP contribution in [-0.4, -0.2) is 18.7 Å². The van der Waals surface area contributed by atoms with Crippen molar-refractivity contribution in [3.05, 3.63) is 64.1 Å². The third-order valence-corrected chi connectivity index (χ3v) is 5.12. The van der Waals surface area contributed by atoms with Crippen molar-refractivity contribution in [1.29, 1.82) is 5.26 Å². The predicted octanol–water partition coefficient (Wildman–Crippen LogP) is 4.01. The molecule has 116 valence electrons. The molecule has 2 aromatic carbocycles. The Bertz CT molecular complexity index is 804. The van der Waals surface area contributed by atoms with Crippen LogP contribution in [0, 0.1) is 16.7 Å². The molecule has 0 spiro atoms. The third-order valence-electron chi connectivity index (χ3n) is 4.63. The van der Waals surface area contributed by atoms with Gasteiger partial charge in [0, 0.05) is 17.1 Å². The van der Waals surface area contributed by atoms with Crippen LogP contribution in [-0.2, 0) is 4.84 Å². The normalized spacial score (nSPS) is 29.3. The quantitative estimate of drug-likeness (QED) is 0.760. The molecule has 23 heavy (non-hydrogen) atoms. The lowest BCUT2D eigenvalue weighted by Crippen LogP contribution is -2.40. The Morgan fingerprint density at radius 1 is 1.26 bits per heavy atom. The molecule has 2 heterocycles. The summed E-state index contributed by atoms with van der Waals surface area (Å²) in [7, 11) is 1.89. The molecule has 5 heteroatoms. The zero-order valence-electron chi connectivity index (χ0n) is 12.6. The second-order valence-electron chi connectivity index (χ2n) is 5.97. The summed E-state index contributed by atoms with van der Waals surface area (Å²) >= 11 is 3.49. The minimum absolute atomic E-state index is 0.151. The molecule has 4 nitrogen and oxygen atoms in total. The van der Waals surface area contributed by atoms with Crippen LogP contribution in [0.5, 0.6) is 5.75 Å². The maximum absolute atomic E-state index is 10.0. The molecule has 1 saturated heterocycles. The van der Waals surface area contributed by atoms with Crippen LogP contribution in [0.25, 0.3) is 0 Å². The van der Waals surface area contributed by atoms with E-state index >= 15 is 0 Å². The largest absolute Gasteiger partial charge is 0.491 e. The zero-order chi connectivity index (χ0) is 16.0. The van der Waals surface area contributed by atoms with Crippen molar-refractivity contribution in [2.45, 2.75) is 12.1 Å². The number of fused-ring (bicyclic) bond motifs is 3. The fraction of sp³-hybridized carbons (Fsp3) is 0.278. The van der Waals surface area contributed by atoms with Gasteiger partial charge in [-0.25, -0.2) is 0 Å². The van der Waals surface area contributed by atoms with E-state index in [0.717, 1.165) is 21.3 Å². The second kappa shape index (κ2) is 5.34. The lowest BCUT2D eigenvalue weighted by Gasteiger charge is -2.37. The molecular weight excluding hydrogens is 356 g/mol. The van der Waals surface area contributed by atoms with E-state index in [9.17, 15) is 5.26 Å². The smallest absolute Gasteiger partial charge is 0.145 e. The number of halogens is 1. The van der Waals surface area contributed by atoms with Gasteiger partial charge in [-0.2, -0.15) is 10.3 Å². The molecule has 0 aliphatic carbocycles. The van der Waals surface area contributed by atoms with Crippen LogP contribution in [0.4, 0.5) is 0 Å². The van der Waals surface area contributed by atoms with E-state index in [2.05, 4.69) is 22.0 Å². The minimum Gasteiger partial charge on any atom is -0.491 e. The van der Waals surface area contributed by atoms with Crippen LogP contribution in [0.2, 0.25) is 0 Å². The Morgan fingerprint density at radius 2 is 2.09 bits per heavy atom. The highest BCUT2D eigenvalue weighted by Crippen LogP contribution is 2.58. The van der Waals surface area contributed by atoms with E-state index in [0.29, 0.717) is 6.61 Å². The number of rotatable bonds is 1. The summed E-state index contributed by atoms with van der Waals surface area (Å²) in [6.45, 7) is 0.312. The van der Waals surface area contributed by atoms with E-state index in [-0.39, 0.29) is 12.1 Å². The van der Waals surface area contributed by atoms with Gasteiger partial charge < -0.3 is 4.74 Å². The summed E-state index contributed by atoms with van der Waals surface area (Å²) in [4.78, 5) is 6.11. The van der Waals surface area contributed by atoms with E-state index in [1.54, 1.807) is 5.06 Å². The van der Waals surface area contributed by atoms with Crippen molar-refractivity contribution in [2.75, 3.05) is 13.7 Å². The van der Waals surface area contributed by atoms with Crippen LogP contribution in [0.15, 0.2) is 53.0 Å². The monoisotopic (exact) mass is 370 g/mol. The summed E-state index contributed by atoms with van der Waals surface area (Å²) in [5.74, 6) is 0.828. The lowest BCUT2D eigenvalue weighted by molar-refractivity contribution is -0.147. The molecule has 2 aromatic rings. The van der Waals surface area contributed by atoms with Gasteiger partial charge in [0.2, 0.25) is 0 Å². The van der Waals surface area contributed by atoms with Crippen molar-refractivity contribution < 1.29 is 9.57 Å². The fourth-order valence-electron chi connectivity index (χ4n) is 3.63. The van der Waals surface area contributed by atoms with Gasteiger partial charge in [0.05, 0.1) is 12.1 Å². The van der Waals surface area contributed by atoms with Crippen LogP contribution < -0.4 is 4.74 Å². The standard InChI is InChI=1S/C18H15BrN2O2/c1-21-16-14-7-2-3-8-15(14)22-11-18(16,10-20)17(23-21)12-5-4-6-13(19)9-12/h2-9,16-17H,11H2,1H3/t16-,17-,18+/m0/s1. The van der Waals surface area contributed by atoms with E-state index in [1.807, 2.05) is 55.6 Å². The summed E-state index contributed by atoms with van der Waals surface area (Å²) in [5, 5.41) is 11.8. The molecule has 0 N–H and O–H groups in total. The van der Waals surface area contributed by atoms with Crippen LogP contribution in [0.3, 0.4) is 0 Å². The first-order chi connectivity index (χ1) is 11.2. The van der Waals surface area contributed by atoms with E-state index in [1.165, 1.54) is 0 Å². The Balaban J connectivity index is 1.86. The van der Waals surface area contributed by atoms with Gasteiger partial charge in [0.1, 0.15) is 23.9 Å². The topological polar surface area (TPSA) is 45.5 Å². The third kappa shape index (κ3) is 2.10. The average Bonchev–Trinajstić information content (AvgIpc) is 2.89. The van der Waals surface area contributed by atoms with E-state index in [4.69, 9.17) is 9.57 Å². The lowest BCUT2D eigenvalue weighted by atomic mass is 9.71. The number of hydrogen-bond donors (Lipinski definition) is 0. The molecule has 4 rings (SSSR count). The number of benzene rings is 2. The molecule has 0 saturated carbocycles. The maximum Gasteiger partial charge on any atom is 0.145 e. The van der Waals surface area contributed by atoms with Crippen molar-refractivity contribution in [3.8, 4) is 11.8 Å². The van der Waals surface area contributed by atoms with Gasteiger partial charge in [-0.15, -0.1) is 0 Å². The summed E-state index contributed by atoms with van der Waals surface area (Å²) in [6, 6.07) is 18.1. The Kier molecular flexibility index (Phi) is 3.42. The molecule has 3 atom stereocenters. The number of nitrogens with zero attached hydrogens (tertiary/aromatic N) is 2. The van der Waals surface area contributed by atoms with Gasteiger partial charge in [-0.05, 0) is 23.8 Å². The van der Waals surface area contributed by atoms with Crippen LogP contribution in [0.1, 0.15) is 23.3 Å². The number of nitriles is 1. The molecule has 1 fully saturated rings. The fourth-order valence-corrected chi connectivity index (χ4v) is 4.05. The molecule has 0 aromatic heterocycles. The molecule has 0 amide bonds. The first kappa shape index (κ1) is 14.7. The Morgan fingerprint density at radius 3 is 2.87 bits per heavy atom. The molecule has 0 radical (unpaired) electrons. The van der Waals surface area contributed by atoms with E-state index < -0.39 is 5.41 Å². The van der Waals surface area contributed by atoms with Gasteiger partial charge in [0.25, 0.3) is 0 Å². The van der Waals surface area contributed by atoms with Crippen LogP contribution >= 0.6 is 15.9 Å². The Hall–Kier alpha value is -1.87. The highest BCUT2D eigenvalue weighted by atomic mass is 79.9. The van der Waals surface area contributed by atoms with Gasteiger partial charge in [-0.1, -0.05) is 46.3 Å². The SMILES string of the molecule is CN1O[C@@H](c2cccc(Br)c2)[C@]2(C#N)COc3ccccc3[C@H]12. The molecule has 2 aliphatic heterocycles. The first-order valence-corrected chi connectivity index (χ1v) is 8.23. The maximum atomic E-state index is 10.0. The summed E-state index contributed by atoms with van der Waals surface area (Å²) < 4.78 is 6.89. The Labute approximate surface area is 143 Å². The van der Waals surface area contributed by atoms with Gasteiger partial charge in [0.15, 0.2) is 0 Å². The molecular formula is C18H15BrN2O2. The number of hydrogen-bond acceptors (Lipinski definition) is 4. The first-order valence-electron chi connectivity index (χ1n) is 7.44. The molecule has 2 aliphatic rings. The van der Waals surface area contributed by atoms with Crippen molar-refractivity contribution in [3.63, 3.8) is 0 Å². The van der Waals surface area contributed by atoms with Crippen molar-refractivity contribution in [2.24, 2.45) is 5.41 Å². The van der Waals surface area contributed by atoms with Crippen molar-refractivity contribution >= 4 is 15.9 Å². The zero-order valence-corrected chi connectivity index (χ0v) is 14.2. The summed E-state index contributed by atoms with van der Waals surface area (Å²) in [6.07, 6.45) is -0.367. The molecule has 0 unspecified atom stereocenters. The second-order valence-corrected chi connectivity index (χ2v) is 6.88. The van der Waals surface area contributed by atoms with Crippen molar-refractivity contribution in [1.82, 2.24) is 5.06 Å². The predicted molar refractivity (Wildman–Crippen MR) is 88.5 cm³/mol. The summed E-state index contributed by atoms with van der Waals surface area (Å²) in [5.41, 5.74) is 1.20. The van der Waals surface area contributed by atoms with Gasteiger partial charge >= 0.3 is 0 Å². The number of ether oxygens (including phenoxy) is 1. The average molecular weight is 371 g/mol. The minimum atomic E-state index is -0.774. The van der Waals surface area contributed by atoms with Gasteiger partial charge in [-0.3, -0.25) is 4.84 Å². The highest BCUT2D eigenvalue weighted by molar-refractivity contribution is 9.10.